The third-order valence-electron chi connectivity index (χ3n) is 4.90. The van der Waals surface area contributed by atoms with Crippen LogP contribution in [0.2, 0.25) is 0 Å². The Morgan fingerprint density at radius 3 is 2.63 bits per heavy atom. The fourth-order valence-electron chi connectivity index (χ4n) is 3.49. The SMILES string of the molecule is COc1ccc(-c2nccc([C@@H]3CCCN(C(=O)CC(C)(C)C)C3)n2)cc1. The van der Waals surface area contributed by atoms with Gasteiger partial charge in [0.15, 0.2) is 5.82 Å². The van der Waals surface area contributed by atoms with E-state index in [1.165, 1.54) is 0 Å². The summed E-state index contributed by atoms with van der Waals surface area (Å²) in [6.07, 6.45) is 4.47. The minimum atomic E-state index is 0.0144. The molecule has 2 heterocycles. The lowest BCUT2D eigenvalue weighted by molar-refractivity contribution is -0.134. The van der Waals surface area contributed by atoms with Crippen LogP contribution in [0.15, 0.2) is 36.5 Å². The summed E-state index contributed by atoms with van der Waals surface area (Å²) in [5, 5.41) is 0. The number of carbonyl (C=O) groups excluding carboxylic acids is 1. The lowest BCUT2D eigenvalue weighted by Gasteiger charge is -2.34. The Kier molecular flexibility index (Phi) is 5.78. The van der Waals surface area contributed by atoms with Gasteiger partial charge in [-0.3, -0.25) is 4.79 Å². The minimum absolute atomic E-state index is 0.0144. The highest BCUT2D eigenvalue weighted by atomic mass is 16.5. The second-order valence-electron chi connectivity index (χ2n) is 8.45. The van der Waals surface area contributed by atoms with E-state index in [-0.39, 0.29) is 17.2 Å². The second kappa shape index (κ2) is 8.07. The number of nitrogens with zero attached hydrogens (tertiary/aromatic N) is 3. The molecule has 2 aromatic rings. The molecule has 144 valence electrons. The monoisotopic (exact) mass is 367 g/mol. The molecular weight excluding hydrogens is 338 g/mol. The van der Waals surface area contributed by atoms with Crippen LogP contribution in [0, 0.1) is 5.41 Å². The minimum Gasteiger partial charge on any atom is -0.497 e. The molecule has 1 fully saturated rings. The predicted octanol–water partition coefficient (Wildman–Crippen LogP) is 4.29. The van der Waals surface area contributed by atoms with Gasteiger partial charge in [-0.05, 0) is 48.6 Å². The van der Waals surface area contributed by atoms with Crippen LogP contribution < -0.4 is 4.74 Å². The van der Waals surface area contributed by atoms with E-state index >= 15 is 0 Å². The van der Waals surface area contributed by atoms with Gasteiger partial charge < -0.3 is 9.64 Å². The van der Waals surface area contributed by atoms with Crippen molar-refractivity contribution in [2.45, 2.75) is 46.0 Å². The first-order valence-corrected chi connectivity index (χ1v) is 9.61. The van der Waals surface area contributed by atoms with E-state index in [4.69, 9.17) is 9.72 Å². The molecular formula is C22H29N3O2. The number of amides is 1. The number of piperidine rings is 1. The van der Waals surface area contributed by atoms with E-state index in [1.54, 1.807) is 7.11 Å². The standard InChI is InChI=1S/C22H29N3O2/c1-22(2,3)14-20(26)25-13-5-6-17(15-25)19-11-12-23-21(24-19)16-7-9-18(27-4)10-8-16/h7-12,17H,5-6,13-15H2,1-4H3/t17-/m1/s1. The van der Waals surface area contributed by atoms with Gasteiger partial charge in [-0.2, -0.15) is 0 Å². The number of rotatable bonds is 4. The van der Waals surface area contributed by atoms with Gasteiger partial charge in [-0.25, -0.2) is 9.97 Å². The average molecular weight is 367 g/mol. The molecule has 0 N–H and O–H groups in total. The number of carbonyl (C=O) groups is 1. The summed E-state index contributed by atoms with van der Waals surface area (Å²) in [5.74, 6) is 2.04. The zero-order valence-electron chi connectivity index (χ0n) is 16.7. The summed E-state index contributed by atoms with van der Waals surface area (Å²) in [7, 11) is 1.65. The molecule has 0 aliphatic carbocycles. The first-order valence-electron chi connectivity index (χ1n) is 9.61. The number of hydrogen-bond acceptors (Lipinski definition) is 4. The summed E-state index contributed by atoms with van der Waals surface area (Å²) >= 11 is 0. The van der Waals surface area contributed by atoms with Gasteiger partial charge >= 0.3 is 0 Å². The molecule has 1 atom stereocenters. The van der Waals surface area contributed by atoms with Crippen LogP contribution in [0.25, 0.3) is 11.4 Å². The molecule has 1 amide bonds. The van der Waals surface area contributed by atoms with Gasteiger partial charge in [0.1, 0.15) is 5.75 Å². The Labute approximate surface area is 161 Å². The Bertz CT molecular complexity index is 781. The number of aromatic nitrogens is 2. The largest absolute Gasteiger partial charge is 0.497 e. The quantitative estimate of drug-likeness (QED) is 0.809. The van der Waals surface area contributed by atoms with Crippen molar-refractivity contribution in [2.75, 3.05) is 20.2 Å². The molecule has 1 aliphatic heterocycles. The van der Waals surface area contributed by atoms with Crippen LogP contribution >= 0.6 is 0 Å². The zero-order chi connectivity index (χ0) is 19.4. The van der Waals surface area contributed by atoms with Crippen LogP contribution in [0.1, 0.15) is 51.6 Å². The Morgan fingerprint density at radius 1 is 1.22 bits per heavy atom. The van der Waals surface area contributed by atoms with E-state index in [9.17, 15) is 4.79 Å². The lowest BCUT2D eigenvalue weighted by Crippen LogP contribution is -2.40. The van der Waals surface area contributed by atoms with Crippen molar-refractivity contribution in [3.05, 3.63) is 42.2 Å². The highest BCUT2D eigenvalue weighted by Crippen LogP contribution is 2.29. The van der Waals surface area contributed by atoms with Crippen molar-refractivity contribution in [3.63, 3.8) is 0 Å². The van der Waals surface area contributed by atoms with Gasteiger partial charge in [0.05, 0.1) is 7.11 Å². The Morgan fingerprint density at radius 2 is 1.96 bits per heavy atom. The third kappa shape index (κ3) is 5.06. The Hall–Kier alpha value is -2.43. The van der Waals surface area contributed by atoms with Crippen LogP contribution in [0.4, 0.5) is 0 Å². The average Bonchev–Trinajstić information content (AvgIpc) is 2.67. The van der Waals surface area contributed by atoms with Crippen molar-refractivity contribution in [2.24, 2.45) is 5.41 Å². The summed E-state index contributed by atoms with van der Waals surface area (Å²) in [6, 6.07) is 9.75. The highest BCUT2D eigenvalue weighted by Gasteiger charge is 2.28. The van der Waals surface area contributed by atoms with Crippen LogP contribution in [-0.4, -0.2) is 41.0 Å². The van der Waals surface area contributed by atoms with Crippen molar-refractivity contribution in [1.82, 2.24) is 14.9 Å². The van der Waals surface area contributed by atoms with Crippen LogP contribution in [-0.2, 0) is 4.79 Å². The molecule has 1 aromatic carbocycles. The molecule has 1 saturated heterocycles. The summed E-state index contributed by atoms with van der Waals surface area (Å²) in [5.41, 5.74) is 2.00. The van der Waals surface area contributed by atoms with Crippen molar-refractivity contribution in [3.8, 4) is 17.1 Å². The van der Waals surface area contributed by atoms with Gasteiger partial charge in [-0.1, -0.05) is 20.8 Å². The maximum absolute atomic E-state index is 12.6. The van der Waals surface area contributed by atoms with E-state index < -0.39 is 0 Å². The topological polar surface area (TPSA) is 55.3 Å². The molecule has 0 radical (unpaired) electrons. The summed E-state index contributed by atoms with van der Waals surface area (Å²) in [4.78, 5) is 23.9. The summed E-state index contributed by atoms with van der Waals surface area (Å²) in [6.45, 7) is 7.92. The molecule has 0 bridgehead atoms. The number of methoxy groups -OCH3 is 1. The van der Waals surface area contributed by atoms with E-state index in [1.807, 2.05) is 41.4 Å². The fraction of sp³-hybridized carbons (Fsp3) is 0.500. The molecule has 0 spiro atoms. The molecule has 27 heavy (non-hydrogen) atoms. The van der Waals surface area contributed by atoms with E-state index in [2.05, 4.69) is 25.8 Å². The Balaban J connectivity index is 1.75. The maximum Gasteiger partial charge on any atom is 0.223 e. The second-order valence-corrected chi connectivity index (χ2v) is 8.45. The molecule has 1 aromatic heterocycles. The van der Waals surface area contributed by atoms with Crippen molar-refractivity contribution >= 4 is 5.91 Å². The summed E-state index contributed by atoms with van der Waals surface area (Å²) < 4.78 is 5.21. The normalized spacial score (nSPS) is 17.6. The number of ether oxygens (including phenoxy) is 1. The van der Waals surface area contributed by atoms with Crippen molar-refractivity contribution < 1.29 is 9.53 Å². The van der Waals surface area contributed by atoms with Gasteiger partial charge in [0, 0.05) is 42.9 Å². The molecule has 1 aliphatic rings. The molecule has 5 heteroatoms. The van der Waals surface area contributed by atoms with E-state index in [0.717, 1.165) is 42.9 Å². The first-order chi connectivity index (χ1) is 12.9. The van der Waals surface area contributed by atoms with Gasteiger partial charge in [0.2, 0.25) is 5.91 Å². The smallest absolute Gasteiger partial charge is 0.223 e. The third-order valence-corrected chi connectivity index (χ3v) is 4.90. The maximum atomic E-state index is 12.6. The number of benzene rings is 1. The van der Waals surface area contributed by atoms with E-state index in [0.29, 0.717) is 12.2 Å². The zero-order valence-corrected chi connectivity index (χ0v) is 16.7. The van der Waals surface area contributed by atoms with Crippen LogP contribution in [0.3, 0.4) is 0 Å². The molecule has 5 nitrogen and oxygen atoms in total. The van der Waals surface area contributed by atoms with Crippen LogP contribution in [0.5, 0.6) is 5.75 Å². The van der Waals surface area contributed by atoms with Gasteiger partial charge in [0.25, 0.3) is 0 Å². The first kappa shape index (κ1) is 19.3. The molecule has 0 unspecified atom stereocenters. The molecule has 3 rings (SSSR count). The van der Waals surface area contributed by atoms with Crippen molar-refractivity contribution in [1.29, 1.82) is 0 Å². The van der Waals surface area contributed by atoms with Gasteiger partial charge in [-0.15, -0.1) is 0 Å². The lowest BCUT2D eigenvalue weighted by atomic mass is 9.89. The predicted molar refractivity (Wildman–Crippen MR) is 107 cm³/mol. The fourth-order valence-corrected chi connectivity index (χ4v) is 3.49. The number of hydrogen-bond donors (Lipinski definition) is 0. The highest BCUT2D eigenvalue weighted by molar-refractivity contribution is 5.77. The molecule has 0 saturated carbocycles. The number of likely N-dealkylation sites (tertiary alicyclic amines) is 1.